The highest BCUT2D eigenvalue weighted by Crippen LogP contribution is 2.17. The van der Waals surface area contributed by atoms with Crippen molar-refractivity contribution in [3.63, 3.8) is 0 Å². The average Bonchev–Trinajstić information content (AvgIpc) is 2.43. The van der Waals surface area contributed by atoms with E-state index in [0.29, 0.717) is 6.61 Å². The lowest BCUT2D eigenvalue weighted by Crippen LogP contribution is -2.14. The monoisotopic (exact) mass is 283 g/mol. The molecular formula is C18H21NO2. The Labute approximate surface area is 126 Å². The molecule has 0 saturated heterocycles. The molecule has 110 valence electrons. The molecule has 0 unspecified atom stereocenters. The molecule has 0 atom stereocenters. The Morgan fingerprint density at radius 3 is 2.48 bits per heavy atom. The zero-order chi connectivity index (χ0) is 15.2. The van der Waals surface area contributed by atoms with Gasteiger partial charge in [0.15, 0.2) is 5.78 Å². The van der Waals surface area contributed by atoms with Gasteiger partial charge in [0.2, 0.25) is 0 Å². The van der Waals surface area contributed by atoms with Crippen LogP contribution in [0.25, 0.3) is 0 Å². The zero-order valence-electron chi connectivity index (χ0n) is 12.8. The van der Waals surface area contributed by atoms with Crippen molar-refractivity contribution < 1.29 is 9.53 Å². The van der Waals surface area contributed by atoms with Crippen LogP contribution in [0.2, 0.25) is 0 Å². The minimum absolute atomic E-state index is 0.0472. The highest BCUT2D eigenvalue weighted by Gasteiger charge is 2.12. The summed E-state index contributed by atoms with van der Waals surface area (Å²) >= 11 is 0. The number of hydrogen-bond acceptors (Lipinski definition) is 3. The molecule has 1 aromatic heterocycles. The number of benzene rings is 1. The molecular weight excluding hydrogens is 262 g/mol. The van der Waals surface area contributed by atoms with Gasteiger partial charge in [-0.25, -0.2) is 0 Å². The van der Waals surface area contributed by atoms with Crippen LogP contribution in [0.4, 0.5) is 0 Å². The molecule has 1 aromatic carbocycles. The van der Waals surface area contributed by atoms with Crippen LogP contribution in [0, 0.1) is 20.8 Å². The van der Waals surface area contributed by atoms with E-state index in [1.807, 2.05) is 51.1 Å². The molecule has 0 aliphatic carbocycles. The van der Waals surface area contributed by atoms with E-state index in [2.05, 4.69) is 4.98 Å². The Bertz CT molecular complexity index is 597. The zero-order valence-corrected chi connectivity index (χ0v) is 12.8. The van der Waals surface area contributed by atoms with Crippen molar-refractivity contribution in [1.29, 1.82) is 0 Å². The smallest absolute Gasteiger partial charge is 0.188 e. The molecule has 0 aliphatic heterocycles. The largest absolute Gasteiger partial charge is 0.373 e. The lowest BCUT2D eigenvalue weighted by Gasteiger charge is -2.10. The average molecular weight is 283 g/mol. The summed E-state index contributed by atoms with van der Waals surface area (Å²) in [6.07, 6.45) is 2.49. The predicted octanol–water partition coefficient (Wildman–Crippen LogP) is 3.45. The molecule has 0 radical (unpaired) electrons. The summed E-state index contributed by atoms with van der Waals surface area (Å²) in [5.74, 6) is 0.0472. The number of carbonyl (C=O) groups is 1. The maximum atomic E-state index is 12.3. The molecule has 0 fully saturated rings. The van der Waals surface area contributed by atoms with Crippen LogP contribution >= 0.6 is 0 Å². The summed E-state index contributed by atoms with van der Waals surface area (Å²) in [7, 11) is 0. The first-order chi connectivity index (χ1) is 10.1. The van der Waals surface area contributed by atoms with Crippen molar-refractivity contribution in [3.05, 3.63) is 64.5 Å². The van der Waals surface area contributed by atoms with Gasteiger partial charge in [0, 0.05) is 23.9 Å². The molecule has 0 bridgehead atoms. The Morgan fingerprint density at radius 1 is 1.14 bits per heavy atom. The number of ketones is 1. The molecule has 0 amide bonds. The molecule has 2 rings (SSSR count). The van der Waals surface area contributed by atoms with Crippen LogP contribution in [0.3, 0.4) is 0 Å². The van der Waals surface area contributed by atoms with Crippen molar-refractivity contribution in [2.45, 2.75) is 27.2 Å². The highest BCUT2D eigenvalue weighted by molar-refractivity contribution is 5.99. The van der Waals surface area contributed by atoms with Gasteiger partial charge < -0.3 is 4.74 Å². The summed E-state index contributed by atoms with van der Waals surface area (Å²) in [4.78, 5) is 16.5. The Hall–Kier alpha value is -2.00. The van der Waals surface area contributed by atoms with Crippen molar-refractivity contribution in [1.82, 2.24) is 4.98 Å². The third-order valence-electron chi connectivity index (χ3n) is 3.42. The second kappa shape index (κ2) is 7.14. The summed E-state index contributed by atoms with van der Waals surface area (Å²) in [5.41, 5.74) is 4.99. The van der Waals surface area contributed by atoms with Gasteiger partial charge >= 0.3 is 0 Å². The number of carbonyl (C=O) groups excluding carboxylic acids is 1. The molecule has 0 N–H and O–H groups in total. The molecule has 0 saturated carbocycles. The Kier molecular flexibility index (Phi) is 5.23. The van der Waals surface area contributed by atoms with E-state index in [9.17, 15) is 4.79 Å². The van der Waals surface area contributed by atoms with E-state index >= 15 is 0 Å². The van der Waals surface area contributed by atoms with Gasteiger partial charge in [-0.05, 0) is 44.0 Å². The number of pyridine rings is 1. The molecule has 0 aliphatic rings. The highest BCUT2D eigenvalue weighted by atomic mass is 16.5. The molecule has 21 heavy (non-hydrogen) atoms. The fourth-order valence-corrected chi connectivity index (χ4v) is 2.58. The van der Waals surface area contributed by atoms with Gasteiger partial charge in [-0.3, -0.25) is 9.78 Å². The van der Waals surface area contributed by atoms with Gasteiger partial charge in [0.05, 0.1) is 6.61 Å². The van der Waals surface area contributed by atoms with E-state index in [1.54, 1.807) is 6.20 Å². The lowest BCUT2D eigenvalue weighted by molar-refractivity contribution is 0.0763. The fraction of sp³-hybridized carbons (Fsp3) is 0.333. The number of ether oxygens (including phenoxy) is 1. The van der Waals surface area contributed by atoms with Gasteiger partial charge in [-0.1, -0.05) is 23.8 Å². The third kappa shape index (κ3) is 4.23. The van der Waals surface area contributed by atoms with Crippen molar-refractivity contribution in [2.24, 2.45) is 0 Å². The minimum Gasteiger partial charge on any atom is -0.373 e. The van der Waals surface area contributed by atoms with E-state index in [4.69, 9.17) is 4.74 Å². The summed E-state index contributed by atoms with van der Waals surface area (Å²) < 4.78 is 5.50. The van der Waals surface area contributed by atoms with Crippen LogP contribution in [-0.4, -0.2) is 24.0 Å². The number of hydrogen-bond donors (Lipinski definition) is 0. The minimum atomic E-state index is 0.0472. The standard InChI is InChI=1S/C18H21NO2/c1-13-10-14(2)18(15(3)11-13)17(20)12-21-9-7-16-6-4-5-8-19-16/h4-6,8,10-11H,7,9,12H2,1-3H3. The van der Waals surface area contributed by atoms with Crippen molar-refractivity contribution in [3.8, 4) is 0 Å². The number of aromatic nitrogens is 1. The van der Waals surface area contributed by atoms with Crippen LogP contribution < -0.4 is 0 Å². The molecule has 3 nitrogen and oxygen atoms in total. The van der Waals surface area contributed by atoms with Gasteiger partial charge in [-0.15, -0.1) is 0 Å². The second-order valence-electron chi connectivity index (χ2n) is 5.32. The SMILES string of the molecule is Cc1cc(C)c(C(=O)COCCc2ccccn2)c(C)c1. The van der Waals surface area contributed by atoms with Crippen LogP contribution in [0.15, 0.2) is 36.5 Å². The fourth-order valence-electron chi connectivity index (χ4n) is 2.58. The molecule has 1 heterocycles. The van der Waals surface area contributed by atoms with Crippen LogP contribution in [-0.2, 0) is 11.2 Å². The van der Waals surface area contributed by atoms with Crippen molar-refractivity contribution in [2.75, 3.05) is 13.2 Å². The topological polar surface area (TPSA) is 39.2 Å². The maximum absolute atomic E-state index is 12.3. The first-order valence-corrected chi connectivity index (χ1v) is 7.16. The summed E-state index contributed by atoms with van der Waals surface area (Å²) in [5, 5.41) is 0. The second-order valence-corrected chi connectivity index (χ2v) is 5.32. The van der Waals surface area contributed by atoms with Gasteiger partial charge in [0.25, 0.3) is 0 Å². The maximum Gasteiger partial charge on any atom is 0.188 e. The van der Waals surface area contributed by atoms with E-state index in [1.165, 1.54) is 5.56 Å². The summed E-state index contributed by atoms with van der Waals surface area (Å²) in [6.45, 7) is 6.62. The quantitative estimate of drug-likeness (QED) is 0.602. The van der Waals surface area contributed by atoms with Gasteiger partial charge in [-0.2, -0.15) is 0 Å². The summed E-state index contributed by atoms with van der Waals surface area (Å²) in [6, 6.07) is 9.87. The molecule has 3 heteroatoms. The third-order valence-corrected chi connectivity index (χ3v) is 3.42. The number of aryl methyl sites for hydroxylation is 3. The first kappa shape index (κ1) is 15.4. The van der Waals surface area contributed by atoms with E-state index in [-0.39, 0.29) is 12.4 Å². The molecule has 0 spiro atoms. The van der Waals surface area contributed by atoms with E-state index in [0.717, 1.165) is 28.8 Å². The van der Waals surface area contributed by atoms with E-state index < -0.39 is 0 Å². The van der Waals surface area contributed by atoms with Crippen LogP contribution in [0.1, 0.15) is 32.7 Å². The number of Topliss-reactive ketones (excluding diaryl/α,β-unsaturated/α-hetero) is 1. The Morgan fingerprint density at radius 2 is 1.86 bits per heavy atom. The normalized spacial score (nSPS) is 10.6. The van der Waals surface area contributed by atoms with Crippen molar-refractivity contribution >= 4 is 5.78 Å². The first-order valence-electron chi connectivity index (χ1n) is 7.16. The number of rotatable bonds is 6. The number of nitrogens with zero attached hydrogens (tertiary/aromatic N) is 1. The predicted molar refractivity (Wildman–Crippen MR) is 83.7 cm³/mol. The Balaban J connectivity index is 1.88. The molecule has 2 aromatic rings. The van der Waals surface area contributed by atoms with Crippen LogP contribution in [0.5, 0.6) is 0 Å². The van der Waals surface area contributed by atoms with Gasteiger partial charge in [0.1, 0.15) is 6.61 Å². The lowest BCUT2D eigenvalue weighted by atomic mass is 9.97.